The molecule has 3 aliphatic rings. The van der Waals surface area contributed by atoms with Gasteiger partial charge in [-0.15, -0.1) is 0 Å². The van der Waals surface area contributed by atoms with Gasteiger partial charge in [-0.2, -0.15) is 5.10 Å². The molecule has 0 aromatic carbocycles. The number of rotatable bonds is 5. The zero-order chi connectivity index (χ0) is 21.4. The van der Waals surface area contributed by atoms with E-state index in [9.17, 15) is 9.59 Å². The van der Waals surface area contributed by atoms with Crippen LogP contribution in [0.4, 0.5) is 10.5 Å². The second-order valence-electron chi connectivity index (χ2n) is 8.86. The summed E-state index contributed by atoms with van der Waals surface area (Å²) >= 11 is 0. The first-order valence-electron chi connectivity index (χ1n) is 11.2. The quantitative estimate of drug-likeness (QED) is 0.780. The van der Waals surface area contributed by atoms with Crippen molar-refractivity contribution < 1.29 is 14.3 Å². The van der Waals surface area contributed by atoms with Crippen LogP contribution in [0.2, 0.25) is 0 Å². The van der Waals surface area contributed by atoms with Gasteiger partial charge < -0.3 is 4.74 Å². The van der Waals surface area contributed by atoms with Crippen molar-refractivity contribution in [1.82, 2.24) is 24.7 Å². The van der Waals surface area contributed by atoms with Gasteiger partial charge in [-0.3, -0.25) is 24.8 Å². The lowest BCUT2D eigenvalue weighted by atomic mass is 10.1. The first-order valence-corrected chi connectivity index (χ1v) is 11.2. The molecule has 9 nitrogen and oxygen atoms in total. The Balaban J connectivity index is 1.26. The van der Waals surface area contributed by atoms with E-state index in [2.05, 4.69) is 39.3 Å². The topological polar surface area (TPSA) is 82.4 Å². The van der Waals surface area contributed by atoms with Crippen molar-refractivity contribution in [3.05, 3.63) is 30.1 Å². The molecule has 5 rings (SSSR count). The van der Waals surface area contributed by atoms with Crippen LogP contribution in [0.25, 0.3) is 5.52 Å². The molecule has 2 aromatic rings. The third-order valence-corrected chi connectivity index (χ3v) is 6.63. The fourth-order valence-corrected chi connectivity index (χ4v) is 4.91. The van der Waals surface area contributed by atoms with Crippen LogP contribution >= 0.6 is 0 Å². The molecule has 2 aromatic heterocycles. The Hall–Kier alpha value is -2.49. The summed E-state index contributed by atoms with van der Waals surface area (Å²) in [4.78, 5) is 30.4. The van der Waals surface area contributed by atoms with E-state index >= 15 is 0 Å². The predicted octanol–water partition coefficient (Wildman–Crippen LogP) is 1.47. The molecule has 0 radical (unpaired) electrons. The fourth-order valence-electron chi connectivity index (χ4n) is 4.91. The van der Waals surface area contributed by atoms with Crippen molar-refractivity contribution >= 4 is 23.1 Å². The number of carbonyl (C=O) groups is 2. The number of nitrogens with zero attached hydrogens (tertiary/aromatic N) is 5. The van der Waals surface area contributed by atoms with Gasteiger partial charge >= 0.3 is 6.03 Å². The molecular formula is C22H30N6O3. The van der Waals surface area contributed by atoms with Crippen molar-refractivity contribution in [2.24, 2.45) is 0 Å². The summed E-state index contributed by atoms with van der Waals surface area (Å²) in [6, 6.07) is 4.32. The third-order valence-electron chi connectivity index (χ3n) is 6.63. The second-order valence-corrected chi connectivity index (χ2v) is 8.86. The minimum atomic E-state index is -0.382. The number of carbonyl (C=O) groups excluding carboxylic acids is 2. The Morgan fingerprint density at radius 2 is 2.16 bits per heavy atom. The van der Waals surface area contributed by atoms with Gasteiger partial charge in [0.05, 0.1) is 23.5 Å². The lowest BCUT2D eigenvalue weighted by molar-refractivity contribution is -0.120. The minimum absolute atomic E-state index is 0.230. The number of piperazine rings is 1. The lowest BCUT2D eigenvalue weighted by Crippen LogP contribution is -2.53. The number of hydrogen-bond donors (Lipinski definition) is 1. The van der Waals surface area contributed by atoms with Gasteiger partial charge in [0.25, 0.3) is 0 Å². The summed E-state index contributed by atoms with van der Waals surface area (Å²) in [5.74, 6) is -0.230. The second kappa shape index (κ2) is 8.57. The number of pyridine rings is 1. The molecule has 0 bridgehead atoms. The van der Waals surface area contributed by atoms with Crippen LogP contribution in [-0.4, -0.2) is 82.8 Å². The van der Waals surface area contributed by atoms with Crippen LogP contribution in [-0.2, 0) is 16.1 Å². The summed E-state index contributed by atoms with van der Waals surface area (Å²) in [5.41, 5.74) is 2.82. The Bertz CT molecular complexity index is 969. The number of nitrogens with one attached hydrogen (secondary N) is 1. The van der Waals surface area contributed by atoms with Crippen molar-refractivity contribution in [2.75, 3.05) is 44.2 Å². The molecule has 2 atom stereocenters. The Kier molecular flexibility index (Phi) is 5.64. The highest BCUT2D eigenvalue weighted by Crippen LogP contribution is 2.25. The van der Waals surface area contributed by atoms with E-state index in [4.69, 9.17) is 4.74 Å². The molecule has 0 saturated carbocycles. The normalized spacial score (nSPS) is 26.0. The first-order chi connectivity index (χ1) is 15.1. The molecule has 31 heavy (non-hydrogen) atoms. The summed E-state index contributed by atoms with van der Waals surface area (Å²) in [5, 5.41) is 6.77. The molecule has 3 aliphatic heterocycles. The predicted molar refractivity (Wildman–Crippen MR) is 116 cm³/mol. The number of anilines is 1. The van der Waals surface area contributed by atoms with Crippen molar-refractivity contribution in [1.29, 1.82) is 0 Å². The van der Waals surface area contributed by atoms with E-state index in [0.717, 1.165) is 50.5 Å². The molecule has 3 fully saturated rings. The highest BCUT2D eigenvalue weighted by atomic mass is 16.5. The molecular weight excluding hydrogens is 396 g/mol. The molecule has 0 aliphatic carbocycles. The molecule has 3 amide bonds. The van der Waals surface area contributed by atoms with Gasteiger partial charge in [0, 0.05) is 64.5 Å². The van der Waals surface area contributed by atoms with Gasteiger partial charge in [-0.1, -0.05) is 0 Å². The molecule has 166 valence electrons. The van der Waals surface area contributed by atoms with Gasteiger partial charge in [0.1, 0.15) is 0 Å². The van der Waals surface area contributed by atoms with Gasteiger partial charge in [-0.25, -0.2) is 9.31 Å². The Morgan fingerprint density at radius 3 is 2.94 bits per heavy atom. The number of imide groups is 1. The van der Waals surface area contributed by atoms with E-state index in [-0.39, 0.29) is 11.9 Å². The SMILES string of the molecule is CC1CN(Cc2ccn3ncc(N4CCC(=O)NC4=O)c3c2)CCN1CC1CCCO1. The van der Waals surface area contributed by atoms with E-state index in [1.54, 1.807) is 15.6 Å². The monoisotopic (exact) mass is 426 g/mol. The largest absolute Gasteiger partial charge is 0.377 e. The minimum Gasteiger partial charge on any atom is -0.377 e. The van der Waals surface area contributed by atoms with E-state index in [0.29, 0.717) is 25.1 Å². The lowest BCUT2D eigenvalue weighted by Gasteiger charge is -2.40. The Morgan fingerprint density at radius 1 is 1.26 bits per heavy atom. The van der Waals surface area contributed by atoms with Gasteiger partial charge in [0.15, 0.2) is 0 Å². The number of fused-ring (bicyclic) bond motifs is 1. The average molecular weight is 427 g/mol. The average Bonchev–Trinajstić information content (AvgIpc) is 3.40. The number of hydrogen-bond acceptors (Lipinski definition) is 6. The zero-order valence-electron chi connectivity index (χ0n) is 18.0. The maximum absolute atomic E-state index is 12.3. The fraction of sp³-hybridized carbons (Fsp3) is 0.591. The molecule has 9 heteroatoms. The van der Waals surface area contributed by atoms with E-state index in [1.165, 1.54) is 18.4 Å². The summed E-state index contributed by atoms with van der Waals surface area (Å²) in [6.45, 7) is 8.61. The van der Waals surface area contributed by atoms with E-state index in [1.807, 2.05) is 6.20 Å². The number of amides is 3. The smallest absolute Gasteiger partial charge is 0.328 e. The van der Waals surface area contributed by atoms with E-state index < -0.39 is 0 Å². The molecule has 1 N–H and O–H groups in total. The molecule has 2 unspecified atom stereocenters. The summed E-state index contributed by atoms with van der Waals surface area (Å²) in [6.07, 6.45) is 6.71. The number of ether oxygens (including phenoxy) is 1. The van der Waals surface area contributed by atoms with Crippen LogP contribution in [0.15, 0.2) is 24.5 Å². The van der Waals surface area contributed by atoms with Crippen molar-refractivity contribution in [3.8, 4) is 0 Å². The summed E-state index contributed by atoms with van der Waals surface area (Å²) < 4.78 is 7.60. The van der Waals surface area contributed by atoms with Gasteiger partial charge in [0.2, 0.25) is 5.91 Å². The van der Waals surface area contributed by atoms with Crippen LogP contribution in [0.1, 0.15) is 31.7 Å². The zero-order valence-corrected chi connectivity index (χ0v) is 18.0. The van der Waals surface area contributed by atoms with Crippen molar-refractivity contribution in [2.45, 2.75) is 44.9 Å². The Labute approximate surface area is 181 Å². The maximum Gasteiger partial charge on any atom is 0.328 e. The van der Waals surface area contributed by atoms with Crippen molar-refractivity contribution in [3.63, 3.8) is 0 Å². The number of urea groups is 1. The van der Waals surface area contributed by atoms with Crippen LogP contribution in [0.5, 0.6) is 0 Å². The van der Waals surface area contributed by atoms with Gasteiger partial charge in [-0.05, 0) is 37.5 Å². The highest BCUT2D eigenvalue weighted by molar-refractivity contribution is 6.07. The first kappa shape index (κ1) is 20.4. The van der Waals surface area contributed by atoms with Crippen LogP contribution < -0.4 is 10.2 Å². The third kappa shape index (κ3) is 4.30. The maximum atomic E-state index is 12.3. The van der Waals surface area contributed by atoms with Crippen LogP contribution in [0.3, 0.4) is 0 Å². The number of aromatic nitrogens is 2. The van der Waals surface area contributed by atoms with Crippen LogP contribution in [0, 0.1) is 0 Å². The molecule has 3 saturated heterocycles. The summed E-state index contributed by atoms with van der Waals surface area (Å²) in [7, 11) is 0. The molecule has 0 spiro atoms. The molecule has 5 heterocycles. The highest BCUT2D eigenvalue weighted by Gasteiger charge is 2.28. The standard InChI is InChI=1S/C22H30N6O3/c1-16-13-25(8-9-26(16)15-18-3-2-10-31-18)14-17-4-7-28-19(11-17)20(12-23-28)27-6-5-21(29)24-22(27)30/h4,7,11-12,16,18H,2-3,5-6,8-10,13-15H2,1H3,(H,24,29,30).